The Kier molecular flexibility index (Phi) is 4.42. The van der Waals surface area contributed by atoms with Gasteiger partial charge in [-0.25, -0.2) is 0 Å². The van der Waals surface area contributed by atoms with Crippen molar-refractivity contribution in [3.8, 4) is 0 Å². The lowest BCUT2D eigenvalue weighted by atomic mass is 9.93. The van der Waals surface area contributed by atoms with Gasteiger partial charge in [-0.2, -0.15) is 0 Å². The van der Waals surface area contributed by atoms with Gasteiger partial charge in [-0.15, -0.1) is 0 Å². The van der Waals surface area contributed by atoms with E-state index in [1.807, 2.05) is 0 Å². The molecule has 1 aliphatic carbocycles. The van der Waals surface area contributed by atoms with Gasteiger partial charge in [0.2, 0.25) is 0 Å². The highest BCUT2D eigenvalue weighted by Crippen LogP contribution is 2.25. The van der Waals surface area contributed by atoms with Crippen LogP contribution in [0, 0.1) is 0 Å². The lowest BCUT2D eigenvalue weighted by molar-refractivity contribution is 0.0877. The van der Waals surface area contributed by atoms with Crippen LogP contribution in [0.25, 0.3) is 0 Å². The third-order valence-electron chi connectivity index (χ3n) is 3.91. The quantitative estimate of drug-likeness (QED) is 0.729. The smallest absolute Gasteiger partial charge is 0.0558 e. The highest BCUT2D eigenvalue weighted by Gasteiger charge is 2.28. The minimum atomic E-state index is 0.313. The number of aliphatic hydroxyl groups is 1. The first-order valence-electron chi connectivity index (χ1n) is 6.49. The van der Waals surface area contributed by atoms with Gasteiger partial charge in [0.15, 0.2) is 0 Å². The van der Waals surface area contributed by atoms with Crippen LogP contribution < -0.4 is 5.32 Å². The number of nitrogens with zero attached hydrogens (tertiary/aromatic N) is 1. The van der Waals surface area contributed by atoms with E-state index < -0.39 is 0 Å². The molecule has 0 aromatic rings. The Bertz CT molecular complexity index is 174. The van der Waals surface area contributed by atoms with Crippen molar-refractivity contribution in [1.29, 1.82) is 0 Å². The van der Waals surface area contributed by atoms with Crippen LogP contribution in [0.5, 0.6) is 0 Å². The zero-order valence-electron chi connectivity index (χ0n) is 9.62. The predicted octanol–water partition coefficient (Wildman–Crippen LogP) is 0.975. The second-order valence-electron chi connectivity index (χ2n) is 4.90. The minimum absolute atomic E-state index is 0.313. The standard InChI is InChI=1S/C12H24N2O/c15-9-8-14(12-6-7-13-10-12)11-4-2-1-3-5-11/h11-13,15H,1-10H2. The molecule has 2 rings (SSSR count). The van der Waals surface area contributed by atoms with E-state index in [1.165, 1.54) is 38.5 Å². The zero-order valence-corrected chi connectivity index (χ0v) is 9.62. The van der Waals surface area contributed by atoms with Crippen LogP contribution in [0.15, 0.2) is 0 Å². The molecule has 3 heteroatoms. The van der Waals surface area contributed by atoms with Crippen molar-refractivity contribution >= 4 is 0 Å². The summed E-state index contributed by atoms with van der Waals surface area (Å²) in [7, 11) is 0. The molecule has 0 amide bonds. The van der Waals surface area contributed by atoms with Gasteiger partial charge in [-0.1, -0.05) is 19.3 Å². The average Bonchev–Trinajstić information content (AvgIpc) is 2.80. The van der Waals surface area contributed by atoms with Gasteiger partial charge >= 0.3 is 0 Å². The second-order valence-corrected chi connectivity index (χ2v) is 4.90. The lowest BCUT2D eigenvalue weighted by Crippen LogP contribution is -2.46. The van der Waals surface area contributed by atoms with Gasteiger partial charge in [0.05, 0.1) is 6.61 Å². The molecule has 0 aromatic carbocycles. The molecular formula is C12H24N2O. The number of aliphatic hydroxyl groups excluding tert-OH is 1. The van der Waals surface area contributed by atoms with Crippen LogP contribution >= 0.6 is 0 Å². The monoisotopic (exact) mass is 212 g/mol. The summed E-state index contributed by atoms with van der Waals surface area (Å²) in [5.41, 5.74) is 0. The average molecular weight is 212 g/mol. The summed E-state index contributed by atoms with van der Waals surface area (Å²) in [5, 5.41) is 12.6. The Morgan fingerprint density at radius 1 is 1.07 bits per heavy atom. The first-order chi connectivity index (χ1) is 7.42. The summed E-state index contributed by atoms with van der Waals surface area (Å²) in [6, 6.07) is 1.43. The minimum Gasteiger partial charge on any atom is -0.395 e. The molecule has 1 unspecified atom stereocenters. The molecule has 0 aromatic heterocycles. The van der Waals surface area contributed by atoms with E-state index in [4.69, 9.17) is 5.11 Å². The summed E-state index contributed by atoms with van der Waals surface area (Å²) >= 11 is 0. The van der Waals surface area contributed by atoms with Crippen molar-refractivity contribution in [1.82, 2.24) is 10.2 Å². The van der Waals surface area contributed by atoms with Gasteiger partial charge in [-0.05, 0) is 25.8 Å². The number of rotatable bonds is 4. The first kappa shape index (κ1) is 11.4. The maximum atomic E-state index is 9.17. The SMILES string of the molecule is OCCN(C1CCCCC1)C1CCNC1. The Morgan fingerprint density at radius 3 is 2.47 bits per heavy atom. The molecule has 15 heavy (non-hydrogen) atoms. The Morgan fingerprint density at radius 2 is 1.87 bits per heavy atom. The van der Waals surface area contributed by atoms with E-state index in [9.17, 15) is 0 Å². The maximum absolute atomic E-state index is 9.17. The molecular weight excluding hydrogens is 188 g/mol. The fourth-order valence-corrected chi connectivity index (χ4v) is 3.11. The van der Waals surface area contributed by atoms with Gasteiger partial charge in [0.1, 0.15) is 0 Å². The van der Waals surface area contributed by atoms with Crippen LogP contribution in [0.1, 0.15) is 38.5 Å². The number of hydrogen-bond acceptors (Lipinski definition) is 3. The number of nitrogens with one attached hydrogen (secondary N) is 1. The molecule has 0 radical (unpaired) electrons. The first-order valence-corrected chi connectivity index (χ1v) is 6.49. The summed E-state index contributed by atoms with van der Waals surface area (Å²) in [5.74, 6) is 0. The Hall–Kier alpha value is -0.120. The molecule has 3 nitrogen and oxygen atoms in total. The van der Waals surface area contributed by atoms with Crippen molar-refractivity contribution in [3.63, 3.8) is 0 Å². The van der Waals surface area contributed by atoms with Gasteiger partial charge in [0, 0.05) is 25.2 Å². The summed E-state index contributed by atoms with van der Waals surface area (Å²) in [4.78, 5) is 2.57. The molecule has 0 bridgehead atoms. The molecule has 88 valence electrons. The summed E-state index contributed by atoms with van der Waals surface area (Å²) in [6.07, 6.45) is 8.12. The van der Waals surface area contributed by atoms with Crippen LogP contribution in [-0.2, 0) is 0 Å². The zero-order chi connectivity index (χ0) is 10.5. The highest BCUT2D eigenvalue weighted by molar-refractivity contribution is 4.86. The van der Waals surface area contributed by atoms with Gasteiger partial charge in [0.25, 0.3) is 0 Å². The molecule has 1 saturated heterocycles. The summed E-state index contributed by atoms with van der Waals surface area (Å²) < 4.78 is 0. The van der Waals surface area contributed by atoms with Crippen molar-refractivity contribution in [2.45, 2.75) is 50.6 Å². The van der Waals surface area contributed by atoms with E-state index in [-0.39, 0.29) is 0 Å². The van der Waals surface area contributed by atoms with Crippen LogP contribution in [0.3, 0.4) is 0 Å². The molecule has 1 atom stereocenters. The topological polar surface area (TPSA) is 35.5 Å². The lowest BCUT2D eigenvalue weighted by Gasteiger charge is -2.37. The van der Waals surface area contributed by atoms with E-state index in [0.29, 0.717) is 12.6 Å². The molecule has 2 N–H and O–H groups in total. The summed E-state index contributed by atoms with van der Waals surface area (Å²) in [6.45, 7) is 3.46. The van der Waals surface area contributed by atoms with Crippen LogP contribution in [-0.4, -0.2) is 48.3 Å². The van der Waals surface area contributed by atoms with Crippen molar-refractivity contribution in [3.05, 3.63) is 0 Å². The fraction of sp³-hybridized carbons (Fsp3) is 1.00. The largest absolute Gasteiger partial charge is 0.395 e. The van der Waals surface area contributed by atoms with Crippen molar-refractivity contribution in [2.24, 2.45) is 0 Å². The predicted molar refractivity (Wildman–Crippen MR) is 61.9 cm³/mol. The van der Waals surface area contributed by atoms with E-state index in [1.54, 1.807) is 0 Å². The Labute approximate surface area is 92.8 Å². The van der Waals surface area contributed by atoms with E-state index >= 15 is 0 Å². The maximum Gasteiger partial charge on any atom is 0.0558 e. The molecule has 2 aliphatic rings. The highest BCUT2D eigenvalue weighted by atomic mass is 16.3. The third kappa shape index (κ3) is 2.92. The van der Waals surface area contributed by atoms with E-state index in [0.717, 1.165) is 25.7 Å². The molecule has 2 fully saturated rings. The second kappa shape index (κ2) is 5.83. The Balaban J connectivity index is 1.90. The van der Waals surface area contributed by atoms with E-state index in [2.05, 4.69) is 10.2 Å². The van der Waals surface area contributed by atoms with Gasteiger partial charge in [-0.3, -0.25) is 4.90 Å². The normalized spacial score (nSPS) is 28.8. The third-order valence-corrected chi connectivity index (χ3v) is 3.91. The molecule has 0 spiro atoms. The molecule has 1 heterocycles. The van der Waals surface area contributed by atoms with Crippen LogP contribution in [0.2, 0.25) is 0 Å². The van der Waals surface area contributed by atoms with Gasteiger partial charge < -0.3 is 10.4 Å². The number of hydrogen-bond donors (Lipinski definition) is 2. The molecule has 1 aliphatic heterocycles. The van der Waals surface area contributed by atoms with Crippen molar-refractivity contribution in [2.75, 3.05) is 26.2 Å². The molecule has 1 saturated carbocycles. The van der Waals surface area contributed by atoms with Crippen LogP contribution in [0.4, 0.5) is 0 Å². The fourth-order valence-electron chi connectivity index (χ4n) is 3.11. The van der Waals surface area contributed by atoms with Crippen molar-refractivity contribution < 1.29 is 5.11 Å².